The van der Waals surface area contributed by atoms with Crippen molar-refractivity contribution in [2.45, 2.75) is 38.6 Å². The van der Waals surface area contributed by atoms with Crippen LogP contribution in [0, 0.1) is 11.3 Å². The van der Waals surface area contributed by atoms with Gasteiger partial charge in [-0.3, -0.25) is 0 Å². The van der Waals surface area contributed by atoms with Gasteiger partial charge in [0.2, 0.25) is 0 Å². The highest BCUT2D eigenvalue weighted by Gasteiger charge is 2.66. The molecular formula is C8H15N. The zero-order valence-electron chi connectivity index (χ0n) is 6.28. The maximum absolute atomic E-state index is 5.91. The van der Waals surface area contributed by atoms with E-state index in [1.54, 1.807) is 0 Å². The maximum Gasteiger partial charge on any atom is 0.0170 e. The summed E-state index contributed by atoms with van der Waals surface area (Å²) >= 11 is 0. The third kappa shape index (κ3) is 0.493. The molecule has 1 nitrogen and oxygen atoms in total. The van der Waals surface area contributed by atoms with Gasteiger partial charge in [0.1, 0.15) is 0 Å². The minimum Gasteiger partial charge on any atom is -0.325 e. The summed E-state index contributed by atoms with van der Waals surface area (Å²) in [5, 5.41) is 0. The van der Waals surface area contributed by atoms with Crippen LogP contribution < -0.4 is 5.73 Å². The first kappa shape index (κ1) is 5.72. The summed E-state index contributed by atoms with van der Waals surface area (Å²) in [6.07, 6.45) is 3.91. The summed E-state index contributed by atoms with van der Waals surface area (Å²) in [7, 11) is 0. The van der Waals surface area contributed by atoms with Gasteiger partial charge in [-0.05, 0) is 30.6 Å². The zero-order chi connectivity index (χ0) is 6.70. The van der Waals surface area contributed by atoms with Crippen molar-refractivity contribution in [1.29, 1.82) is 0 Å². The van der Waals surface area contributed by atoms with E-state index in [2.05, 4.69) is 13.8 Å². The quantitative estimate of drug-likeness (QED) is 0.565. The van der Waals surface area contributed by atoms with Gasteiger partial charge >= 0.3 is 0 Å². The number of rotatable bonds is 1. The molecule has 2 N–H and O–H groups in total. The lowest BCUT2D eigenvalue weighted by atomic mass is 9.36. The Kier molecular flexibility index (Phi) is 0.760. The molecule has 0 spiro atoms. The Bertz CT molecular complexity index is 129. The second-order valence-electron chi connectivity index (χ2n) is 4.41. The van der Waals surface area contributed by atoms with Crippen molar-refractivity contribution in [2.24, 2.45) is 17.1 Å². The van der Waals surface area contributed by atoms with Gasteiger partial charge in [0.25, 0.3) is 0 Å². The molecule has 0 aromatic rings. The summed E-state index contributed by atoms with van der Waals surface area (Å²) in [5.41, 5.74) is 6.92. The van der Waals surface area contributed by atoms with Crippen LogP contribution >= 0.6 is 0 Å². The van der Waals surface area contributed by atoms with E-state index in [1.165, 1.54) is 19.3 Å². The highest BCUT2D eigenvalue weighted by molar-refractivity contribution is 5.22. The highest BCUT2D eigenvalue weighted by atomic mass is 14.9. The molecule has 0 saturated heterocycles. The van der Waals surface area contributed by atoms with E-state index in [1.807, 2.05) is 0 Å². The van der Waals surface area contributed by atoms with Crippen LogP contribution in [0.2, 0.25) is 0 Å². The van der Waals surface area contributed by atoms with E-state index >= 15 is 0 Å². The molecule has 3 aliphatic carbocycles. The summed E-state index contributed by atoms with van der Waals surface area (Å²) in [4.78, 5) is 0. The van der Waals surface area contributed by atoms with Gasteiger partial charge in [0, 0.05) is 5.54 Å². The predicted molar refractivity (Wildman–Crippen MR) is 38.0 cm³/mol. The van der Waals surface area contributed by atoms with Crippen LogP contribution in [0.3, 0.4) is 0 Å². The van der Waals surface area contributed by atoms with Gasteiger partial charge < -0.3 is 5.73 Å². The molecular weight excluding hydrogens is 110 g/mol. The number of nitrogens with two attached hydrogens (primary N) is 1. The van der Waals surface area contributed by atoms with Gasteiger partial charge in [-0.2, -0.15) is 0 Å². The fraction of sp³-hybridized carbons (Fsp3) is 1.00. The van der Waals surface area contributed by atoms with E-state index in [-0.39, 0.29) is 0 Å². The van der Waals surface area contributed by atoms with Gasteiger partial charge in [-0.25, -0.2) is 0 Å². The van der Waals surface area contributed by atoms with Crippen LogP contribution in [0.25, 0.3) is 0 Å². The lowest BCUT2D eigenvalue weighted by molar-refractivity contribution is -0.162. The summed E-state index contributed by atoms with van der Waals surface area (Å²) < 4.78 is 0. The lowest BCUT2D eigenvalue weighted by Gasteiger charge is -2.71. The van der Waals surface area contributed by atoms with Crippen molar-refractivity contribution < 1.29 is 0 Å². The summed E-state index contributed by atoms with van der Waals surface area (Å²) in [5.74, 6) is 0.864. The lowest BCUT2D eigenvalue weighted by Crippen LogP contribution is -2.73. The second-order valence-corrected chi connectivity index (χ2v) is 4.41. The minimum atomic E-state index is 0.310. The standard InChI is InChI=1S/C8H15N/c1-6(2)7-3-8(9,4-7)5-7/h6H,3-5,9H2,1-2H3. The van der Waals surface area contributed by atoms with Gasteiger partial charge in [-0.1, -0.05) is 13.8 Å². The Morgan fingerprint density at radius 2 is 1.67 bits per heavy atom. The van der Waals surface area contributed by atoms with Crippen molar-refractivity contribution >= 4 is 0 Å². The molecule has 2 bridgehead atoms. The zero-order valence-corrected chi connectivity index (χ0v) is 6.28. The molecule has 3 aliphatic rings. The largest absolute Gasteiger partial charge is 0.325 e. The molecule has 3 fully saturated rings. The maximum atomic E-state index is 5.91. The van der Waals surface area contributed by atoms with Crippen LogP contribution in [0.4, 0.5) is 0 Å². The third-order valence-electron chi connectivity index (χ3n) is 3.34. The Morgan fingerprint density at radius 1 is 1.22 bits per heavy atom. The fourth-order valence-corrected chi connectivity index (χ4v) is 2.56. The molecule has 0 heterocycles. The van der Waals surface area contributed by atoms with E-state index in [0.29, 0.717) is 11.0 Å². The van der Waals surface area contributed by atoms with Crippen LogP contribution in [-0.4, -0.2) is 5.54 Å². The Hall–Kier alpha value is -0.0400. The monoisotopic (exact) mass is 125 g/mol. The van der Waals surface area contributed by atoms with Crippen LogP contribution in [-0.2, 0) is 0 Å². The molecule has 3 rings (SSSR count). The van der Waals surface area contributed by atoms with Crippen LogP contribution in [0.1, 0.15) is 33.1 Å². The van der Waals surface area contributed by atoms with Crippen molar-refractivity contribution in [3.63, 3.8) is 0 Å². The molecule has 0 amide bonds. The van der Waals surface area contributed by atoms with E-state index in [4.69, 9.17) is 5.73 Å². The van der Waals surface area contributed by atoms with E-state index in [0.717, 1.165) is 5.92 Å². The van der Waals surface area contributed by atoms with Gasteiger partial charge in [0.05, 0.1) is 0 Å². The third-order valence-corrected chi connectivity index (χ3v) is 3.34. The van der Waals surface area contributed by atoms with Crippen molar-refractivity contribution in [3.8, 4) is 0 Å². The molecule has 3 saturated carbocycles. The molecule has 0 radical (unpaired) electrons. The SMILES string of the molecule is CC(C)C12CC(N)(C1)C2. The smallest absolute Gasteiger partial charge is 0.0170 e. The average Bonchev–Trinajstić information content (AvgIpc) is 1.54. The highest BCUT2D eigenvalue weighted by Crippen LogP contribution is 2.69. The normalized spacial score (nSPS) is 54.7. The topological polar surface area (TPSA) is 26.0 Å². The molecule has 0 aromatic carbocycles. The number of hydrogen-bond acceptors (Lipinski definition) is 1. The summed E-state index contributed by atoms with van der Waals surface area (Å²) in [6, 6.07) is 0. The number of hydrogen-bond donors (Lipinski definition) is 1. The van der Waals surface area contributed by atoms with Crippen LogP contribution in [0.5, 0.6) is 0 Å². The summed E-state index contributed by atoms with van der Waals surface area (Å²) in [6.45, 7) is 4.64. The Morgan fingerprint density at radius 3 is 1.78 bits per heavy atom. The first-order valence-corrected chi connectivity index (χ1v) is 3.85. The van der Waals surface area contributed by atoms with Crippen molar-refractivity contribution in [1.82, 2.24) is 0 Å². The minimum absolute atomic E-state index is 0.310. The molecule has 1 heteroatoms. The van der Waals surface area contributed by atoms with Crippen molar-refractivity contribution in [3.05, 3.63) is 0 Å². The molecule has 0 atom stereocenters. The molecule has 9 heavy (non-hydrogen) atoms. The molecule has 0 aromatic heterocycles. The predicted octanol–water partition coefficient (Wildman–Crippen LogP) is 1.52. The van der Waals surface area contributed by atoms with Crippen LogP contribution in [0.15, 0.2) is 0 Å². The molecule has 0 unspecified atom stereocenters. The first-order valence-electron chi connectivity index (χ1n) is 3.85. The second kappa shape index (κ2) is 1.20. The van der Waals surface area contributed by atoms with Gasteiger partial charge in [0.15, 0.2) is 0 Å². The average molecular weight is 125 g/mol. The first-order chi connectivity index (χ1) is 4.06. The molecule has 0 aliphatic heterocycles. The van der Waals surface area contributed by atoms with E-state index in [9.17, 15) is 0 Å². The fourth-order valence-electron chi connectivity index (χ4n) is 2.56. The Labute approximate surface area is 56.6 Å². The van der Waals surface area contributed by atoms with Crippen molar-refractivity contribution in [2.75, 3.05) is 0 Å². The Balaban J connectivity index is 2.04. The van der Waals surface area contributed by atoms with Gasteiger partial charge in [-0.15, -0.1) is 0 Å². The molecule has 52 valence electrons. The van der Waals surface area contributed by atoms with E-state index < -0.39 is 0 Å².